The lowest BCUT2D eigenvalue weighted by molar-refractivity contribution is -0.137. The second-order valence-corrected chi connectivity index (χ2v) is 6.75. The van der Waals surface area contributed by atoms with Gasteiger partial charge in [-0.25, -0.2) is 0 Å². The molecule has 3 aromatic carbocycles. The van der Waals surface area contributed by atoms with Crippen LogP contribution in [-0.4, -0.2) is 34.3 Å². The van der Waals surface area contributed by atoms with E-state index < -0.39 is 11.7 Å². The van der Waals surface area contributed by atoms with E-state index in [2.05, 4.69) is 20.0 Å². The van der Waals surface area contributed by atoms with Gasteiger partial charge in [0.15, 0.2) is 0 Å². The van der Waals surface area contributed by atoms with Gasteiger partial charge >= 0.3 is 6.18 Å². The number of hydrogen-bond acceptors (Lipinski definition) is 6. The molecule has 10 heteroatoms. The number of carbonyl (C=O) groups is 1. The number of amides is 1. The predicted molar refractivity (Wildman–Crippen MR) is 117 cm³/mol. The number of rotatable bonds is 6. The van der Waals surface area contributed by atoms with Crippen LogP contribution in [0.3, 0.4) is 0 Å². The third-order valence-electron chi connectivity index (χ3n) is 4.32. The third kappa shape index (κ3) is 7.17. The summed E-state index contributed by atoms with van der Waals surface area (Å²) in [5.41, 5.74) is 0.320. The number of hydrogen-bond donors (Lipinski definition) is 2. The molecule has 4 rings (SSSR count). The maximum atomic E-state index is 12.2. The van der Waals surface area contributed by atoms with E-state index in [4.69, 9.17) is 9.84 Å². The minimum atomic E-state index is -4.32. The molecule has 0 aliphatic heterocycles. The van der Waals surface area contributed by atoms with Gasteiger partial charge in [0, 0.05) is 17.7 Å². The highest BCUT2D eigenvalue weighted by Crippen LogP contribution is 2.30. The summed E-state index contributed by atoms with van der Waals surface area (Å²) in [6.45, 7) is 0.183. The molecular formula is C24H20F3N3O4. The van der Waals surface area contributed by atoms with E-state index in [0.29, 0.717) is 16.9 Å². The molecule has 0 aliphatic carbocycles. The van der Waals surface area contributed by atoms with E-state index in [9.17, 15) is 18.0 Å². The molecule has 0 spiro atoms. The molecule has 176 valence electrons. The first kappa shape index (κ1) is 24.5. The average Bonchev–Trinajstić information content (AvgIpc) is 3.39. The SMILES string of the molecule is FC(F)(F)c1ccc(-c2ncon2)cc1.O=C(NCCO)c1ccc(Oc2ccccc2)cc1. The third-order valence-corrected chi connectivity index (χ3v) is 4.32. The van der Waals surface area contributed by atoms with Crippen molar-refractivity contribution < 1.29 is 32.3 Å². The zero-order valence-electron chi connectivity index (χ0n) is 17.7. The minimum absolute atomic E-state index is 0.0685. The first-order chi connectivity index (χ1) is 16.4. The molecule has 1 aromatic heterocycles. The predicted octanol–water partition coefficient (Wildman–Crippen LogP) is 4.96. The highest BCUT2D eigenvalue weighted by Gasteiger charge is 2.30. The summed E-state index contributed by atoms with van der Waals surface area (Å²) in [6, 6.07) is 20.8. The number of para-hydroxylation sites is 1. The molecule has 0 saturated carbocycles. The molecule has 2 N–H and O–H groups in total. The Kier molecular flexibility index (Phi) is 8.36. The van der Waals surface area contributed by atoms with Gasteiger partial charge in [0.1, 0.15) is 11.5 Å². The van der Waals surface area contributed by atoms with Crippen LogP contribution in [0.2, 0.25) is 0 Å². The zero-order valence-corrected chi connectivity index (χ0v) is 17.7. The number of ether oxygens (including phenoxy) is 1. The van der Waals surface area contributed by atoms with E-state index in [1.165, 1.54) is 12.1 Å². The van der Waals surface area contributed by atoms with Crippen molar-refractivity contribution in [2.24, 2.45) is 0 Å². The molecule has 4 aromatic rings. The van der Waals surface area contributed by atoms with E-state index >= 15 is 0 Å². The fourth-order valence-electron chi connectivity index (χ4n) is 2.68. The number of aliphatic hydroxyl groups excluding tert-OH is 1. The molecule has 34 heavy (non-hydrogen) atoms. The maximum Gasteiger partial charge on any atom is 0.416 e. The van der Waals surface area contributed by atoms with Crippen LogP contribution in [0.25, 0.3) is 11.4 Å². The van der Waals surface area contributed by atoms with Crippen molar-refractivity contribution in [3.63, 3.8) is 0 Å². The van der Waals surface area contributed by atoms with Gasteiger partial charge in [0.2, 0.25) is 12.2 Å². The zero-order chi connectivity index (χ0) is 24.4. The van der Waals surface area contributed by atoms with Crippen LogP contribution in [0.1, 0.15) is 15.9 Å². The Labute approximate surface area is 192 Å². The molecule has 0 bridgehead atoms. The number of halogens is 3. The number of alkyl halides is 3. The van der Waals surface area contributed by atoms with Crippen LogP contribution < -0.4 is 10.1 Å². The van der Waals surface area contributed by atoms with Crippen LogP contribution in [0.4, 0.5) is 13.2 Å². The van der Waals surface area contributed by atoms with Crippen molar-refractivity contribution in [2.75, 3.05) is 13.2 Å². The summed E-state index contributed by atoms with van der Waals surface area (Å²) < 4.78 is 46.7. The molecule has 1 heterocycles. The first-order valence-electron chi connectivity index (χ1n) is 10.0. The summed E-state index contributed by atoms with van der Waals surface area (Å²) >= 11 is 0. The highest BCUT2D eigenvalue weighted by molar-refractivity contribution is 5.94. The Morgan fingerprint density at radius 1 is 0.941 bits per heavy atom. The highest BCUT2D eigenvalue weighted by atomic mass is 19.4. The summed E-state index contributed by atoms with van der Waals surface area (Å²) in [6.07, 6.45) is -3.21. The van der Waals surface area contributed by atoms with Crippen molar-refractivity contribution in [3.8, 4) is 22.9 Å². The van der Waals surface area contributed by atoms with Crippen molar-refractivity contribution in [1.82, 2.24) is 15.5 Å². The molecule has 0 fully saturated rings. The van der Waals surface area contributed by atoms with E-state index in [1.807, 2.05) is 30.3 Å². The second-order valence-electron chi connectivity index (χ2n) is 6.75. The molecule has 0 radical (unpaired) electrons. The van der Waals surface area contributed by atoms with Gasteiger partial charge in [0.25, 0.3) is 5.91 Å². The lowest BCUT2D eigenvalue weighted by Gasteiger charge is -2.07. The lowest BCUT2D eigenvalue weighted by atomic mass is 10.1. The Morgan fingerprint density at radius 2 is 1.59 bits per heavy atom. The Hall–Kier alpha value is -4.18. The second kappa shape index (κ2) is 11.6. The van der Waals surface area contributed by atoms with Crippen molar-refractivity contribution in [3.05, 3.63) is 96.4 Å². The average molecular weight is 471 g/mol. The standard InChI is InChI=1S/C15H15NO3.C9H5F3N2O/c17-11-10-16-15(18)12-6-8-14(9-7-12)19-13-4-2-1-3-5-13;10-9(11,12)7-3-1-6(2-4-7)8-13-5-15-14-8/h1-9,17H,10-11H2,(H,16,18);1-5H. The Morgan fingerprint density at radius 3 is 2.15 bits per heavy atom. The smallest absolute Gasteiger partial charge is 0.416 e. The summed E-state index contributed by atoms with van der Waals surface area (Å²) in [4.78, 5) is 15.3. The quantitative estimate of drug-likeness (QED) is 0.413. The van der Waals surface area contributed by atoms with Gasteiger partial charge < -0.3 is 19.7 Å². The number of aromatic nitrogens is 2. The molecule has 1 amide bonds. The summed E-state index contributed by atoms with van der Waals surface area (Å²) in [5.74, 6) is 1.48. The van der Waals surface area contributed by atoms with Gasteiger partial charge in [-0.05, 0) is 48.5 Å². The van der Waals surface area contributed by atoms with Gasteiger partial charge in [-0.1, -0.05) is 35.5 Å². The molecule has 0 unspecified atom stereocenters. The first-order valence-corrected chi connectivity index (χ1v) is 10.0. The number of aliphatic hydroxyl groups is 1. The number of nitrogens with zero attached hydrogens (tertiary/aromatic N) is 2. The van der Waals surface area contributed by atoms with Gasteiger partial charge in [-0.3, -0.25) is 4.79 Å². The number of benzene rings is 3. The molecule has 0 atom stereocenters. The topological polar surface area (TPSA) is 97.5 Å². The molecule has 0 aliphatic rings. The fourth-order valence-corrected chi connectivity index (χ4v) is 2.68. The monoisotopic (exact) mass is 471 g/mol. The van der Waals surface area contributed by atoms with Crippen LogP contribution in [-0.2, 0) is 6.18 Å². The van der Waals surface area contributed by atoms with Crippen molar-refractivity contribution in [2.45, 2.75) is 6.18 Å². The minimum Gasteiger partial charge on any atom is -0.457 e. The van der Waals surface area contributed by atoms with Crippen LogP contribution in [0.5, 0.6) is 11.5 Å². The molecular weight excluding hydrogens is 451 g/mol. The largest absolute Gasteiger partial charge is 0.457 e. The van der Waals surface area contributed by atoms with E-state index in [-0.39, 0.29) is 24.9 Å². The van der Waals surface area contributed by atoms with Crippen LogP contribution in [0.15, 0.2) is 89.8 Å². The van der Waals surface area contributed by atoms with Crippen LogP contribution >= 0.6 is 0 Å². The molecule has 0 saturated heterocycles. The maximum absolute atomic E-state index is 12.2. The number of carbonyl (C=O) groups excluding carboxylic acids is 1. The van der Waals surface area contributed by atoms with Gasteiger partial charge in [0.05, 0.1) is 12.2 Å². The lowest BCUT2D eigenvalue weighted by Crippen LogP contribution is -2.26. The van der Waals surface area contributed by atoms with E-state index in [1.54, 1.807) is 24.3 Å². The van der Waals surface area contributed by atoms with Gasteiger partial charge in [-0.15, -0.1) is 0 Å². The fraction of sp³-hybridized carbons (Fsp3) is 0.125. The van der Waals surface area contributed by atoms with Crippen molar-refractivity contribution in [1.29, 1.82) is 0 Å². The Balaban J connectivity index is 0.000000196. The van der Waals surface area contributed by atoms with E-state index in [0.717, 1.165) is 24.3 Å². The van der Waals surface area contributed by atoms with Crippen LogP contribution in [0, 0.1) is 0 Å². The van der Waals surface area contributed by atoms with Crippen molar-refractivity contribution >= 4 is 5.91 Å². The summed E-state index contributed by atoms with van der Waals surface area (Å²) in [7, 11) is 0. The van der Waals surface area contributed by atoms with Gasteiger partial charge in [-0.2, -0.15) is 18.2 Å². The summed E-state index contributed by atoms with van der Waals surface area (Å²) in [5, 5.41) is 14.7. The Bertz CT molecular complexity index is 1150. The normalized spacial score (nSPS) is 10.7. The number of nitrogens with one attached hydrogen (secondary N) is 1. The molecule has 7 nitrogen and oxygen atoms in total.